The molecule has 0 N–H and O–H groups in total. The van der Waals surface area contributed by atoms with Gasteiger partial charge in [0.1, 0.15) is 5.69 Å². The summed E-state index contributed by atoms with van der Waals surface area (Å²) in [7, 11) is 0. The highest BCUT2D eigenvalue weighted by molar-refractivity contribution is 5.85. The van der Waals surface area contributed by atoms with Gasteiger partial charge in [-0.1, -0.05) is 53.7 Å². The van der Waals surface area contributed by atoms with Crippen LogP contribution in [0.25, 0.3) is 11.3 Å². The smallest absolute Gasteiger partial charge is 0.151 e. The number of benzene rings is 2. The molecule has 0 atom stereocenters. The monoisotopic (exact) mass is 355 g/mol. The summed E-state index contributed by atoms with van der Waals surface area (Å²) in [6.45, 7) is 4.99. The molecule has 2 aromatic carbocycles. The highest BCUT2D eigenvalue weighted by atomic mass is 35.5. The van der Waals surface area contributed by atoms with E-state index >= 15 is 0 Å². The molecule has 1 aliphatic rings. The average molecular weight is 356 g/mol. The van der Waals surface area contributed by atoms with Gasteiger partial charge in [-0.3, -0.25) is 4.90 Å². The lowest BCUT2D eigenvalue weighted by molar-refractivity contribution is 0.220. The molecule has 4 nitrogen and oxygen atoms in total. The normalized spacial score (nSPS) is 15.0. The molecular formula is C20H22ClN3O. The van der Waals surface area contributed by atoms with Gasteiger partial charge in [-0.2, -0.15) is 0 Å². The Hall–Kier alpha value is -2.30. The second-order valence-electron chi connectivity index (χ2n) is 6.14. The Bertz CT molecular complexity index is 768. The fourth-order valence-corrected chi connectivity index (χ4v) is 3.16. The van der Waals surface area contributed by atoms with E-state index < -0.39 is 0 Å². The molecule has 0 saturated carbocycles. The summed E-state index contributed by atoms with van der Waals surface area (Å²) in [5, 5.41) is 4.20. The molecule has 0 unspecified atom stereocenters. The van der Waals surface area contributed by atoms with Crippen molar-refractivity contribution in [3.05, 3.63) is 72.5 Å². The molecule has 5 heteroatoms. The number of halogens is 1. The third-order valence-corrected chi connectivity index (χ3v) is 4.50. The topological polar surface area (TPSA) is 32.5 Å². The summed E-state index contributed by atoms with van der Waals surface area (Å²) >= 11 is 0. The molecular weight excluding hydrogens is 334 g/mol. The van der Waals surface area contributed by atoms with Crippen molar-refractivity contribution in [3.8, 4) is 11.3 Å². The van der Waals surface area contributed by atoms with Crippen molar-refractivity contribution < 1.29 is 4.52 Å². The minimum Gasteiger partial charge on any atom is -0.369 e. The van der Waals surface area contributed by atoms with Crippen LogP contribution in [0, 0.1) is 0 Å². The zero-order valence-corrected chi connectivity index (χ0v) is 14.9. The van der Waals surface area contributed by atoms with E-state index in [0.29, 0.717) is 0 Å². The van der Waals surface area contributed by atoms with Crippen molar-refractivity contribution in [1.29, 1.82) is 0 Å². The van der Waals surface area contributed by atoms with Gasteiger partial charge in [0.25, 0.3) is 0 Å². The van der Waals surface area contributed by atoms with Crippen LogP contribution >= 0.6 is 12.4 Å². The SMILES string of the molecule is Cl.c1ccc(-c2cc(CN3CCN(c4ccccc4)CC3)on2)cc1. The van der Waals surface area contributed by atoms with Crippen molar-refractivity contribution in [2.24, 2.45) is 0 Å². The van der Waals surface area contributed by atoms with Crippen molar-refractivity contribution in [3.63, 3.8) is 0 Å². The number of para-hydroxylation sites is 1. The van der Waals surface area contributed by atoms with Crippen LogP contribution in [0.1, 0.15) is 5.76 Å². The van der Waals surface area contributed by atoms with E-state index in [1.165, 1.54) is 5.69 Å². The Morgan fingerprint density at radius 3 is 2.16 bits per heavy atom. The first-order valence-electron chi connectivity index (χ1n) is 8.42. The Morgan fingerprint density at radius 2 is 1.48 bits per heavy atom. The molecule has 0 radical (unpaired) electrons. The van der Waals surface area contributed by atoms with E-state index in [9.17, 15) is 0 Å². The van der Waals surface area contributed by atoms with Crippen molar-refractivity contribution in [2.75, 3.05) is 31.1 Å². The summed E-state index contributed by atoms with van der Waals surface area (Å²) < 4.78 is 5.53. The number of piperazine rings is 1. The molecule has 0 bridgehead atoms. The molecule has 1 saturated heterocycles. The Labute approximate surface area is 154 Å². The van der Waals surface area contributed by atoms with E-state index in [1.807, 2.05) is 18.2 Å². The van der Waals surface area contributed by atoms with E-state index in [0.717, 1.165) is 49.7 Å². The van der Waals surface area contributed by atoms with Crippen LogP contribution in [0.2, 0.25) is 0 Å². The lowest BCUT2D eigenvalue weighted by atomic mass is 10.1. The third kappa shape index (κ3) is 4.21. The first-order valence-corrected chi connectivity index (χ1v) is 8.42. The van der Waals surface area contributed by atoms with Crippen molar-refractivity contribution >= 4 is 18.1 Å². The highest BCUT2D eigenvalue weighted by Gasteiger charge is 2.18. The molecule has 0 aliphatic carbocycles. The molecule has 1 aromatic heterocycles. The summed E-state index contributed by atoms with van der Waals surface area (Å²) in [4.78, 5) is 4.86. The summed E-state index contributed by atoms with van der Waals surface area (Å²) in [5.41, 5.74) is 3.32. The fourth-order valence-electron chi connectivity index (χ4n) is 3.16. The van der Waals surface area contributed by atoms with Gasteiger partial charge in [0.15, 0.2) is 5.76 Å². The zero-order chi connectivity index (χ0) is 16.2. The molecule has 25 heavy (non-hydrogen) atoms. The Balaban J connectivity index is 0.00000182. The maximum Gasteiger partial charge on any atom is 0.151 e. The summed E-state index contributed by atoms with van der Waals surface area (Å²) in [6.07, 6.45) is 0. The lowest BCUT2D eigenvalue weighted by Crippen LogP contribution is -2.45. The maximum atomic E-state index is 5.53. The summed E-state index contributed by atoms with van der Waals surface area (Å²) in [6, 6.07) is 22.8. The van der Waals surface area contributed by atoms with Gasteiger partial charge in [-0.15, -0.1) is 12.4 Å². The van der Waals surface area contributed by atoms with Crippen LogP contribution in [-0.4, -0.2) is 36.2 Å². The van der Waals surface area contributed by atoms with Gasteiger partial charge >= 0.3 is 0 Å². The predicted molar refractivity (Wildman–Crippen MR) is 103 cm³/mol. The quantitative estimate of drug-likeness (QED) is 0.705. The number of rotatable bonds is 4. The van der Waals surface area contributed by atoms with Crippen molar-refractivity contribution in [1.82, 2.24) is 10.1 Å². The van der Waals surface area contributed by atoms with E-state index in [4.69, 9.17) is 4.52 Å². The van der Waals surface area contributed by atoms with E-state index in [2.05, 4.69) is 63.5 Å². The first-order chi connectivity index (χ1) is 11.9. The van der Waals surface area contributed by atoms with Crippen LogP contribution in [0.15, 0.2) is 71.3 Å². The molecule has 4 rings (SSSR count). The number of aromatic nitrogens is 1. The Kier molecular flexibility index (Phi) is 5.74. The van der Waals surface area contributed by atoms with Crippen molar-refractivity contribution in [2.45, 2.75) is 6.54 Å². The minimum absolute atomic E-state index is 0. The van der Waals surface area contributed by atoms with Crippen LogP contribution < -0.4 is 4.90 Å². The molecule has 1 fully saturated rings. The first kappa shape index (κ1) is 17.5. The second kappa shape index (κ2) is 8.19. The second-order valence-corrected chi connectivity index (χ2v) is 6.14. The van der Waals surface area contributed by atoms with E-state index in [-0.39, 0.29) is 12.4 Å². The van der Waals surface area contributed by atoms with Crippen LogP contribution in [-0.2, 0) is 6.54 Å². The average Bonchev–Trinajstić information content (AvgIpc) is 3.12. The van der Waals surface area contributed by atoms with Gasteiger partial charge in [-0.05, 0) is 12.1 Å². The number of anilines is 1. The highest BCUT2D eigenvalue weighted by Crippen LogP contribution is 2.21. The molecule has 130 valence electrons. The Morgan fingerprint density at radius 1 is 0.840 bits per heavy atom. The van der Waals surface area contributed by atoms with Gasteiger partial charge < -0.3 is 9.42 Å². The molecule has 0 amide bonds. The number of hydrogen-bond acceptors (Lipinski definition) is 4. The standard InChI is InChI=1S/C20H21N3O.ClH/c1-3-7-17(8-4-1)20-15-19(24-21-20)16-22-11-13-23(14-12-22)18-9-5-2-6-10-18;/h1-10,15H,11-14,16H2;1H. The van der Waals surface area contributed by atoms with Crippen LogP contribution in [0.3, 0.4) is 0 Å². The van der Waals surface area contributed by atoms with Gasteiger partial charge in [0, 0.05) is 43.5 Å². The fraction of sp³-hybridized carbons (Fsp3) is 0.250. The molecule has 0 spiro atoms. The summed E-state index contributed by atoms with van der Waals surface area (Å²) in [5.74, 6) is 0.932. The predicted octanol–water partition coefficient (Wildman–Crippen LogP) is 4.09. The number of nitrogens with zero attached hydrogens (tertiary/aromatic N) is 3. The van der Waals surface area contributed by atoms with Gasteiger partial charge in [0.2, 0.25) is 0 Å². The van der Waals surface area contributed by atoms with Crippen LogP contribution in [0.5, 0.6) is 0 Å². The van der Waals surface area contributed by atoms with Gasteiger partial charge in [0.05, 0.1) is 6.54 Å². The van der Waals surface area contributed by atoms with E-state index in [1.54, 1.807) is 0 Å². The number of hydrogen-bond donors (Lipinski definition) is 0. The largest absolute Gasteiger partial charge is 0.369 e. The zero-order valence-electron chi connectivity index (χ0n) is 14.0. The third-order valence-electron chi connectivity index (χ3n) is 4.50. The van der Waals surface area contributed by atoms with Crippen LogP contribution in [0.4, 0.5) is 5.69 Å². The molecule has 1 aliphatic heterocycles. The molecule has 2 heterocycles. The lowest BCUT2D eigenvalue weighted by Gasteiger charge is -2.35. The molecule has 3 aromatic rings. The van der Waals surface area contributed by atoms with Gasteiger partial charge in [-0.25, -0.2) is 0 Å². The maximum absolute atomic E-state index is 5.53. The minimum atomic E-state index is 0.